The zero-order valence-corrected chi connectivity index (χ0v) is 19.4. The summed E-state index contributed by atoms with van der Waals surface area (Å²) in [5, 5.41) is 0. The highest BCUT2D eigenvalue weighted by Gasteiger charge is 2.18. The Labute approximate surface area is 200 Å². The van der Waals surface area contributed by atoms with Crippen LogP contribution < -0.4 is 0 Å². The summed E-state index contributed by atoms with van der Waals surface area (Å²) in [7, 11) is 1.67. The molecule has 0 saturated heterocycles. The van der Waals surface area contributed by atoms with Crippen molar-refractivity contribution in [3.05, 3.63) is 120 Å². The van der Waals surface area contributed by atoms with E-state index in [0.717, 1.165) is 28.8 Å². The van der Waals surface area contributed by atoms with Gasteiger partial charge in [0.15, 0.2) is 0 Å². The summed E-state index contributed by atoms with van der Waals surface area (Å²) in [5.74, 6) is -0.268. The lowest BCUT2D eigenvalue weighted by molar-refractivity contribution is 0.0720. The molecule has 0 aliphatic rings. The van der Waals surface area contributed by atoms with Crippen LogP contribution in [0.3, 0.4) is 0 Å². The third-order valence-electron chi connectivity index (χ3n) is 5.82. The number of rotatable bonds is 10. The quantitative estimate of drug-likeness (QED) is 0.274. The molecule has 0 atom stereocenters. The first kappa shape index (κ1) is 23.5. The minimum Gasteiger partial charge on any atom is -0.385 e. The molecule has 1 amide bonds. The zero-order chi connectivity index (χ0) is 23.8. The van der Waals surface area contributed by atoms with Gasteiger partial charge in [-0.25, -0.2) is 4.39 Å². The van der Waals surface area contributed by atoms with Crippen molar-refractivity contribution in [1.82, 2.24) is 9.47 Å². The molecule has 0 N–H and O–H groups in total. The highest BCUT2D eigenvalue weighted by molar-refractivity contribution is 5.94. The Morgan fingerprint density at radius 2 is 1.68 bits per heavy atom. The lowest BCUT2D eigenvalue weighted by Crippen LogP contribution is -2.33. The minimum atomic E-state index is -0.249. The second-order valence-corrected chi connectivity index (χ2v) is 8.27. The van der Waals surface area contributed by atoms with Crippen molar-refractivity contribution in [3.63, 3.8) is 0 Å². The van der Waals surface area contributed by atoms with E-state index < -0.39 is 0 Å². The summed E-state index contributed by atoms with van der Waals surface area (Å²) in [6, 6.07) is 28.4. The van der Waals surface area contributed by atoms with Crippen molar-refractivity contribution in [2.24, 2.45) is 0 Å². The fourth-order valence-electron chi connectivity index (χ4n) is 4.05. The van der Waals surface area contributed by atoms with Gasteiger partial charge in [0, 0.05) is 44.3 Å². The van der Waals surface area contributed by atoms with E-state index in [4.69, 9.17) is 4.74 Å². The molecule has 0 aliphatic carbocycles. The van der Waals surface area contributed by atoms with Crippen molar-refractivity contribution >= 4 is 5.91 Å². The normalized spacial score (nSPS) is 10.9. The molecule has 0 unspecified atom stereocenters. The second kappa shape index (κ2) is 11.4. The highest BCUT2D eigenvalue weighted by Crippen LogP contribution is 2.21. The third kappa shape index (κ3) is 6.00. The Hall–Kier alpha value is -3.70. The summed E-state index contributed by atoms with van der Waals surface area (Å²) in [4.78, 5) is 15.3. The van der Waals surface area contributed by atoms with Gasteiger partial charge in [-0.1, -0.05) is 54.6 Å². The largest absolute Gasteiger partial charge is 0.385 e. The number of carbonyl (C=O) groups excluding carboxylic acids is 1. The van der Waals surface area contributed by atoms with Crippen LogP contribution in [-0.4, -0.2) is 35.6 Å². The standard InChI is InChI=1S/C29H29FN2O2/c1-34-19-7-18-32(22-28-12-6-17-31(28)21-23-8-5-11-27(30)20-23)29(33)26-15-13-25(14-16-26)24-9-3-2-4-10-24/h2-6,8-17,20H,7,18-19,21-22H2,1H3. The van der Waals surface area contributed by atoms with Crippen LogP contribution in [0.15, 0.2) is 97.2 Å². The topological polar surface area (TPSA) is 34.5 Å². The summed E-state index contributed by atoms with van der Waals surface area (Å²) in [5.41, 5.74) is 4.73. The van der Waals surface area contributed by atoms with Gasteiger partial charge in [0.2, 0.25) is 0 Å². The molecule has 34 heavy (non-hydrogen) atoms. The molecule has 0 bridgehead atoms. The first-order valence-corrected chi connectivity index (χ1v) is 11.5. The lowest BCUT2D eigenvalue weighted by Gasteiger charge is -2.24. The summed E-state index contributed by atoms with van der Waals surface area (Å²) < 4.78 is 20.9. The molecule has 0 radical (unpaired) electrons. The average molecular weight is 457 g/mol. The molecule has 1 aromatic heterocycles. The van der Waals surface area contributed by atoms with Gasteiger partial charge in [-0.15, -0.1) is 0 Å². The molecule has 3 aromatic carbocycles. The van der Waals surface area contributed by atoms with Gasteiger partial charge < -0.3 is 14.2 Å². The monoisotopic (exact) mass is 456 g/mol. The van der Waals surface area contributed by atoms with Crippen LogP contribution in [-0.2, 0) is 17.8 Å². The van der Waals surface area contributed by atoms with Crippen molar-refractivity contribution in [2.75, 3.05) is 20.3 Å². The number of nitrogens with zero attached hydrogens (tertiary/aromatic N) is 2. The van der Waals surface area contributed by atoms with Gasteiger partial charge in [0.05, 0.1) is 6.54 Å². The Morgan fingerprint density at radius 3 is 2.41 bits per heavy atom. The van der Waals surface area contributed by atoms with E-state index in [1.54, 1.807) is 19.2 Å². The Balaban J connectivity index is 1.52. The van der Waals surface area contributed by atoms with Crippen LogP contribution in [0, 0.1) is 5.82 Å². The van der Waals surface area contributed by atoms with Gasteiger partial charge in [-0.05, 0) is 59.5 Å². The van der Waals surface area contributed by atoms with Crippen LogP contribution in [0.2, 0.25) is 0 Å². The average Bonchev–Trinajstić information content (AvgIpc) is 3.30. The summed E-state index contributed by atoms with van der Waals surface area (Å²) in [6.45, 7) is 2.18. The number of hydrogen-bond donors (Lipinski definition) is 0. The van der Waals surface area contributed by atoms with Crippen molar-refractivity contribution in [2.45, 2.75) is 19.5 Å². The van der Waals surface area contributed by atoms with Gasteiger partial charge >= 0.3 is 0 Å². The third-order valence-corrected chi connectivity index (χ3v) is 5.82. The lowest BCUT2D eigenvalue weighted by atomic mass is 10.0. The van der Waals surface area contributed by atoms with Crippen LogP contribution in [0.25, 0.3) is 11.1 Å². The van der Waals surface area contributed by atoms with Crippen molar-refractivity contribution in [1.29, 1.82) is 0 Å². The second-order valence-electron chi connectivity index (χ2n) is 8.27. The number of carbonyl (C=O) groups is 1. The number of aromatic nitrogens is 1. The van der Waals surface area contributed by atoms with Gasteiger partial charge in [-0.2, -0.15) is 0 Å². The Morgan fingerprint density at radius 1 is 0.912 bits per heavy atom. The summed E-state index contributed by atoms with van der Waals surface area (Å²) in [6.07, 6.45) is 2.71. The molecule has 0 spiro atoms. The fraction of sp³-hybridized carbons (Fsp3) is 0.207. The first-order chi connectivity index (χ1) is 16.6. The van der Waals surface area contributed by atoms with Crippen molar-refractivity contribution in [3.8, 4) is 11.1 Å². The van der Waals surface area contributed by atoms with Crippen LogP contribution >= 0.6 is 0 Å². The number of ether oxygens (including phenoxy) is 1. The van der Waals surface area contributed by atoms with E-state index in [1.165, 1.54) is 6.07 Å². The predicted octanol–water partition coefficient (Wildman–Crippen LogP) is 6.02. The first-order valence-electron chi connectivity index (χ1n) is 11.5. The Bertz CT molecular complexity index is 1200. The zero-order valence-electron chi connectivity index (χ0n) is 19.4. The number of halogens is 1. The van der Waals surface area contributed by atoms with E-state index >= 15 is 0 Å². The SMILES string of the molecule is COCCCN(Cc1cccn1Cc1cccc(F)c1)C(=O)c1ccc(-c2ccccc2)cc1. The van der Waals surface area contributed by atoms with Gasteiger partial charge in [0.25, 0.3) is 5.91 Å². The molecular weight excluding hydrogens is 427 g/mol. The fourth-order valence-corrected chi connectivity index (χ4v) is 4.05. The molecule has 5 heteroatoms. The molecule has 4 aromatic rings. The molecule has 0 aliphatic heterocycles. The Kier molecular flexibility index (Phi) is 7.89. The number of benzene rings is 3. The number of methoxy groups -OCH3 is 1. The minimum absolute atomic E-state index is 0.0192. The summed E-state index contributed by atoms with van der Waals surface area (Å²) >= 11 is 0. The van der Waals surface area contributed by atoms with E-state index in [9.17, 15) is 9.18 Å². The number of hydrogen-bond acceptors (Lipinski definition) is 2. The van der Waals surface area contributed by atoms with Crippen LogP contribution in [0.5, 0.6) is 0 Å². The maximum Gasteiger partial charge on any atom is 0.254 e. The smallest absolute Gasteiger partial charge is 0.254 e. The molecule has 0 fully saturated rings. The molecule has 174 valence electrons. The van der Waals surface area contributed by atoms with Crippen LogP contribution in [0.4, 0.5) is 4.39 Å². The van der Waals surface area contributed by atoms with E-state index in [0.29, 0.717) is 31.8 Å². The van der Waals surface area contributed by atoms with Crippen LogP contribution in [0.1, 0.15) is 28.0 Å². The molecule has 4 nitrogen and oxygen atoms in total. The molecule has 1 heterocycles. The molecular formula is C29H29FN2O2. The maximum absolute atomic E-state index is 13.6. The number of amides is 1. The van der Waals surface area contributed by atoms with Gasteiger partial charge in [0.1, 0.15) is 5.82 Å². The van der Waals surface area contributed by atoms with E-state index in [1.807, 2.05) is 71.8 Å². The van der Waals surface area contributed by atoms with Crippen molar-refractivity contribution < 1.29 is 13.9 Å². The maximum atomic E-state index is 13.6. The van der Waals surface area contributed by atoms with Gasteiger partial charge in [-0.3, -0.25) is 4.79 Å². The predicted molar refractivity (Wildman–Crippen MR) is 133 cm³/mol. The highest BCUT2D eigenvalue weighted by atomic mass is 19.1. The van der Waals surface area contributed by atoms with E-state index in [2.05, 4.69) is 16.7 Å². The molecule has 4 rings (SSSR count). The molecule has 0 saturated carbocycles. The van der Waals surface area contributed by atoms with E-state index in [-0.39, 0.29) is 11.7 Å².